The quantitative estimate of drug-likeness (QED) is 0.561. The fourth-order valence-electron chi connectivity index (χ4n) is 1.67. The molecule has 0 radical (unpaired) electrons. The van der Waals surface area contributed by atoms with Crippen molar-refractivity contribution in [3.63, 3.8) is 0 Å². The predicted molar refractivity (Wildman–Crippen MR) is 81.3 cm³/mol. The van der Waals surface area contributed by atoms with E-state index >= 15 is 0 Å². The number of rotatable bonds is 8. The molecule has 0 aliphatic carbocycles. The molecule has 1 rings (SSSR count). The minimum absolute atomic E-state index is 0.446. The lowest BCUT2D eigenvalue weighted by atomic mass is 10.1. The summed E-state index contributed by atoms with van der Waals surface area (Å²) in [5, 5.41) is 3.32. The van der Waals surface area contributed by atoms with Crippen molar-refractivity contribution >= 4 is 22.9 Å². The van der Waals surface area contributed by atoms with E-state index in [1.54, 1.807) is 0 Å². The van der Waals surface area contributed by atoms with Crippen LogP contribution in [0.15, 0.2) is 18.2 Å². The molecule has 100 valence electrons. The Morgan fingerprint density at radius 1 is 1.39 bits per heavy atom. The summed E-state index contributed by atoms with van der Waals surface area (Å²) in [7, 11) is 0. The summed E-state index contributed by atoms with van der Waals surface area (Å²) >= 11 is 4.98. The van der Waals surface area contributed by atoms with Gasteiger partial charge < -0.3 is 15.8 Å². The number of benzene rings is 1. The van der Waals surface area contributed by atoms with Crippen molar-refractivity contribution < 1.29 is 4.74 Å². The van der Waals surface area contributed by atoms with Crippen molar-refractivity contribution in [3.05, 3.63) is 29.3 Å². The van der Waals surface area contributed by atoms with E-state index in [1.807, 2.05) is 19.1 Å². The Morgan fingerprint density at radius 2 is 2.17 bits per heavy atom. The molecule has 1 aromatic carbocycles. The van der Waals surface area contributed by atoms with E-state index in [4.69, 9.17) is 22.7 Å². The van der Waals surface area contributed by atoms with Crippen LogP contribution < -0.4 is 11.1 Å². The summed E-state index contributed by atoms with van der Waals surface area (Å²) in [5.74, 6) is 0. The lowest BCUT2D eigenvalue weighted by Crippen LogP contribution is -2.13. The van der Waals surface area contributed by atoms with E-state index < -0.39 is 0 Å². The first-order valence-electron chi connectivity index (χ1n) is 6.37. The van der Waals surface area contributed by atoms with Crippen LogP contribution in [0.1, 0.15) is 30.9 Å². The van der Waals surface area contributed by atoms with Gasteiger partial charge in [-0.3, -0.25) is 0 Å². The van der Waals surface area contributed by atoms with Crippen LogP contribution in [0.3, 0.4) is 0 Å². The van der Waals surface area contributed by atoms with Gasteiger partial charge in [-0.25, -0.2) is 0 Å². The van der Waals surface area contributed by atoms with Crippen molar-refractivity contribution in [2.45, 2.75) is 26.7 Å². The third kappa shape index (κ3) is 5.02. The van der Waals surface area contributed by atoms with Crippen LogP contribution in [0.2, 0.25) is 0 Å². The molecule has 0 amide bonds. The summed E-state index contributed by atoms with van der Waals surface area (Å²) in [6, 6.07) is 6.01. The minimum atomic E-state index is 0.446. The highest BCUT2D eigenvalue weighted by Crippen LogP contribution is 2.14. The van der Waals surface area contributed by atoms with Crippen LogP contribution in [0.4, 0.5) is 5.69 Å². The molecule has 0 aliphatic heterocycles. The van der Waals surface area contributed by atoms with Crippen molar-refractivity contribution in [1.29, 1.82) is 0 Å². The Kier molecular flexibility index (Phi) is 6.68. The van der Waals surface area contributed by atoms with E-state index in [9.17, 15) is 0 Å². The maximum Gasteiger partial charge on any atom is 0.104 e. The van der Waals surface area contributed by atoms with Gasteiger partial charge in [0.2, 0.25) is 0 Å². The number of ether oxygens (including phenoxy) is 1. The number of hydrogen-bond donors (Lipinski definition) is 2. The highest BCUT2D eigenvalue weighted by atomic mass is 32.1. The monoisotopic (exact) mass is 266 g/mol. The SMILES string of the molecule is CCCCOCCNc1ccc(C(N)=S)c(C)c1. The van der Waals surface area contributed by atoms with Gasteiger partial charge in [-0.1, -0.05) is 25.6 Å². The van der Waals surface area contributed by atoms with Crippen molar-refractivity contribution in [1.82, 2.24) is 0 Å². The Morgan fingerprint density at radius 3 is 2.78 bits per heavy atom. The smallest absolute Gasteiger partial charge is 0.104 e. The molecule has 0 spiro atoms. The van der Waals surface area contributed by atoms with Gasteiger partial charge in [-0.05, 0) is 37.1 Å². The van der Waals surface area contributed by atoms with E-state index in [-0.39, 0.29) is 0 Å². The largest absolute Gasteiger partial charge is 0.389 e. The van der Waals surface area contributed by atoms with E-state index in [0.717, 1.165) is 43.0 Å². The first kappa shape index (κ1) is 14.9. The third-order valence-corrected chi connectivity index (χ3v) is 2.93. The average molecular weight is 266 g/mol. The van der Waals surface area contributed by atoms with E-state index in [0.29, 0.717) is 4.99 Å². The van der Waals surface area contributed by atoms with Gasteiger partial charge in [0.05, 0.1) is 6.61 Å². The maximum atomic E-state index is 5.62. The van der Waals surface area contributed by atoms with Gasteiger partial charge in [0.25, 0.3) is 0 Å². The van der Waals surface area contributed by atoms with Gasteiger partial charge in [0.1, 0.15) is 4.99 Å². The molecule has 0 heterocycles. The topological polar surface area (TPSA) is 47.3 Å². The number of hydrogen-bond acceptors (Lipinski definition) is 3. The van der Waals surface area contributed by atoms with Crippen LogP contribution in [0, 0.1) is 6.92 Å². The zero-order chi connectivity index (χ0) is 13.4. The first-order chi connectivity index (χ1) is 8.65. The maximum absolute atomic E-state index is 5.62. The van der Waals surface area contributed by atoms with Crippen LogP contribution >= 0.6 is 12.2 Å². The predicted octanol–water partition coefficient (Wildman–Crippen LogP) is 2.86. The van der Waals surface area contributed by atoms with Crippen molar-refractivity contribution in [2.75, 3.05) is 25.1 Å². The molecular weight excluding hydrogens is 244 g/mol. The average Bonchev–Trinajstić information content (AvgIpc) is 2.33. The Labute approximate surface area is 115 Å². The number of nitrogens with two attached hydrogens (primary N) is 1. The highest BCUT2D eigenvalue weighted by molar-refractivity contribution is 7.80. The lowest BCUT2D eigenvalue weighted by molar-refractivity contribution is 0.141. The lowest BCUT2D eigenvalue weighted by Gasteiger charge is -2.10. The van der Waals surface area contributed by atoms with Crippen LogP contribution in [0.5, 0.6) is 0 Å². The highest BCUT2D eigenvalue weighted by Gasteiger charge is 2.02. The van der Waals surface area contributed by atoms with Gasteiger partial charge in [0.15, 0.2) is 0 Å². The molecule has 3 N–H and O–H groups in total. The molecule has 0 unspecified atom stereocenters. The second kappa shape index (κ2) is 8.06. The Bertz CT molecular complexity index is 393. The molecule has 0 bridgehead atoms. The molecular formula is C14H22N2OS. The fraction of sp³-hybridized carbons (Fsp3) is 0.500. The molecule has 0 saturated carbocycles. The van der Waals surface area contributed by atoms with Crippen molar-refractivity contribution in [3.8, 4) is 0 Å². The number of unbranched alkanes of at least 4 members (excludes halogenated alkanes) is 1. The van der Waals surface area contributed by atoms with Crippen LogP contribution in [0.25, 0.3) is 0 Å². The third-order valence-electron chi connectivity index (χ3n) is 2.71. The number of aryl methyl sites for hydroxylation is 1. The van der Waals surface area contributed by atoms with Crippen molar-refractivity contribution in [2.24, 2.45) is 5.73 Å². The van der Waals surface area contributed by atoms with Crippen LogP contribution in [-0.2, 0) is 4.74 Å². The zero-order valence-electron chi connectivity index (χ0n) is 11.2. The second-order valence-corrected chi connectivity index (χ2v) is 4.73. The van der Waals surface area contributed by atoms with Crippen LogP contribution in [-0.4, -0.2) is 24.7 Å². The molecule has 0 aliphatic rings. The normalized spacial score (nSPS) is 10.3. The summed E-state index contributed by atoms with van der Waals surface area (Å²) in [6.07, 6.45) is 2.30. The fourth-order valence-corrected chi connectivity index (χ4v) is 1.90. The Balaban J connectivity index is 2.35. The molecule has 18 heavy (non-hydrogen) atoms. The first-order valence-corrected chi connectivity index (χ1v) is 6.78. The van der Waals surface area contributed by atoms with Gasteiger partial charge in [-0.2, -0.15) is 0 Å². The second-order valence-electron chi connectivity index (χ2n) is 4.29. The number of nitrogens with one attached hydrogen (secondary N) is 1. The molecule has 0 fully saturated rings. The molecule has 0 saturated heterocycles. The number of anilines is 1. The Hall–Kier alpha value is -1.13. The van der Waals surface area contributed by atoms with Gasteiger partial charge in [0, 0.05) is 24.4 Å². The summed E-state index contributed by atoms with van der Waals surface area (Å²) in [4.78, 5) is 0.446. The van der Waals surface area contributed by atoms with Gasteiger partial charge >= 0.3 is 0 Å². The minimum Gasteiger partial charge on any atom is -0.389 e. The summed E-state index contributed by atoms with van der Waals surface area (Å²) < 4.78 is 5.48. The standard InChI is InChI=1S/C14H22N2OS/c1-3-4-8-17-9-7-16-12-5-6-13(14(15)18)11(2)10-12/h5-6,10,16H,3-4,7-9H2,1-2H3,(H2,15,18). The number of thiocarbonyl (C=S) groups is 1. The molecule has 3 nitrogen and oxygen atoms in total. The molecule has 0 atom stereocenters. The van der Waals surface area contributed by atoms with Gasteiger partial charge in [-0.15, -0.1) is 0 Å². The summed E-state index contributed by atoms with van der Waals surface area (Å²) in [5.41, 5.74) is 8.74. The zero-order valence-corrected chi connectivity index (χ0v) is 12.0. The molecule has 1 aromatic rings. The van der Waals surface area contributed by atoms with E-state index in [2.05, 4.69) is 18.3 Å². The molecule has 0 aromatic heterocycles. The van der Waals surface area contributed by atoms with E-state index in [1.165, 1.54) is 6.42 Å². The molecule has 4 heteroatoms. The summed E-state index contributed by atoms with van der Waals surface area (Å²) in [6.45, 7) is 6.56.